The number of benzene rings is 1. The lowest BCUT2D eigenvalue weighted by molar-refractivity contribution is -0.0753. The van der Waals surface area contributed by atoms with E-state index in [1.165, 1.54) is 0 Å². The molecular formula is C16H23BrClNO3. The first-order chi connectivity index (χ1) is 10.0. The highest BCUT2D eigenvalue weighted by Gasteiger charge is 2.48. The first kappa shape index (κ1) is 19.1. The molecule has 1 aromatic carbocycles. The molecule has 0 bridgehead atoms. The van der Waals surface area contributed by atoms with Crippen LogP contribution in [0.5, 0.6) is 5.75 Å². The molecule has 0 aliphatic rings. The van der Waals surface area contributed by atoms with Crippen LogP contribution in [0, 0.1) is 12.3 Å². The summed E-state index contributed by atoms with van der Waals surface area (Å²) in [5.74, 6) is 0.597. The lowest BCUT2D eigenvalue weighted by atomic mass is 9.70. The second-order valence-electron chi connectivity index (χ2n) is 6.23. The molecule has 0 aromatic heterocycles. The summed E-state index contributed by atoms with van der Waals surface area (Å²) in [5, 5.41) is 0.567. The Bertz CT molecular complexity index is 584. The molecule has 1 atom stereocenters. The van der Waals surface area contributed by atoms with E-state index in [1.807, 2.05) is 34.6 Å². The van der Waals surface area contributed by atoms with E-state index in [1.54, 1.807) is 13.2 Å². The van der Waals surface area contributed by atoms with Crippen LogP contribution < -0.4 is 10.5 Å². The SMILES string of the molecule is CCC(OC(N)=O)(c1cc(Cl)c(C)c(Br)c1OC)C(C)(C)C. The van der Waals surface area contributed by atoms with Crippen molar-refractivity contribution >= 4 is 33.6 Å². The fraction of sp³-hybridized carbons (Fsp3) is 0.562. The average Bonchev–Trinajstić information content (AvgIpc) is 2.40. The number of carbonyl (C=O) groups excluding carboxylic acids is 1. The van der Waals surface area contributed by atoms with Gasteiger partial charge < -0.3 is 15.2 Å². The van der Waals surface area contributed by atoms with Gasteiger partial charge in [-0.3, -0.25) is 0 Å². The van der Waals surface area contributed by atoms with Crippen molar-refractivity contribution in [1.29, 1.82) is 0 Å². The molecule has 1 rings (SSSR count). The van der Waals surface area contributed by atoms with Crippen molar-refractivity contribution < 1.29 is 14.3 Å². The molecular weight excluding hydrogens is 370 g/mol. The van der Waals surface area contributed by atoms with Crippen molar-refractivity contribution in [1.82, 2.24) is 0 Å². The van der Waals surface area contributed by atoms with Gasteiger partial charge in [0.15, 0.2) is 0 Å². The van der Waals surface area contributed by atoms with E-state index in [2.05, 4.69) is 15.9 Å². The minimum atomic E-state index is -0.954. The van der Waals surface area contributed by atoms with Crippen LogP contribution in [0.1, 0.15) is 45.2 Å². The quantitative estimate of drug-likeness (QED) is 0.769. The fourth-order valence-corrected chi connectivity index (χ4v) is 3.68. The molecule has 124 valence electrons. The highest BCUT2D eigenvalue weighted by Crippen LogP contribution is 2.51. The molecule has 0 saturated carbocycles. The van der Waals surface area contributed by atoms with Crippen LogP contribution in [0.3, 0.4) is 0 Å². The number of halogens is 2. The Balaban J connectivity index is 3.80. The molecule has 0 aliphatic heterocycles. The second-order valence-corrected chi connectivity index (χ2v) is 7.43. The van der Waals surface area contributed by atoms with Gasteiger partial charge in [0.05, 0.1) is 11.6 Å². The van der Waals surface area contributed by atoms with Crippen molar-refractivity contribution in [3.05, 3.63) is 26.7 Å². The van der Waals surface area contributed by atoms with Gasteiger partial charge in [-0.25, -0.2) is 4.79 Å². The van der Waals surface area contributed by atoms with Crippen molar-refractivity contribution in [2.75, 3.05) is 7.11 Å². The lowest BCUT2D eigenvalue weighted by Gasteiger charge is -2.44. The number of methoxy groups -OCH3 is 1. The average molecular weight is 393 g/mol. The number of ether oxygens (including phenoxy) is 2. The summed E-state index contributed by atoms with van der Waals surface area (Å²) in [6.45, 7) is 9.79. The maximum Gasteiger partial charge on any atom is 0.405 e. The van der Waals surface area contributed by atoms with Crippen LogP contribution in [-0.4, -0.2) is 13.2 Å². The van der Waals surface area contributed by atoms with E-state index < -0.39 is 17.1 Å². The summed E-state index contributed by atoms with van der Waals surface area (Å²) in [6.07, 6.45) is -0.298. The number of primary amides is 1. The zero-order valence-electron chi connectivity index (χ0n) is 13.8. The van der Waals surface area contributed by atoms with Gasteiger partial charge in [0.2, 0.25) is 0 Å². The Kier molecular flexibility index (Phi) is 5.79. The fourth-order valence-electron chi connectivity index (χ4n) is 2.77. The van der Waals surface area contributed by atoms with Gasteiger partial charge in [0.25, 0.3) is 0 Å². The molecule has 0 saturated heterocycles. The van der Waals surface area contributed by atoms with Crippen LogP contribution >= 0.6 is 27.5 Å². The summed E-state index contributed by atoms with van der Waals surface area (Å²) in [7, 11) is 1.57. The maximum atomic E-state index is 11.5. The third kappa shape index (κ3) is 3.20. The first-order valence-corrected chi connectivity index (χ1v) is 8.20. The van der Waals surface area contributed by atoms with Crippen molar-refractivity contribution in [3.63, 3.8) is 0 Å². The van der Waals surface area contributed by atoms with Crippen LogP contribution in [-0.2, 0) is 10.3 Å². The van der Waals surface area contributed by atoms with Gasteiger partial charge in [-0.2, -0.15) is 0 Å². The second kappa shape index (κ2) is 6.67. The molecule has 0 spiro atoms. The molecule has 0 radical (unpaired) electrons. The van der Waals surface area contributed by atoms with Gasteiger partial charge >= 0.3 is 6.09 Å². The van der Waals surface area contributed by atoms with E-state index in [0.717, 1.165) is 10.0 Å². The summed E-state index contributed by atoms with van der Waals surface area (Å²) < 4.78 is 11.9. The molecule has 4 nitrogen and oxygen atoms in total. The molecule has 0 aliphatic carbocycles. The number of nitrogens with two attached hydrogens (primary N) is 1. The lowest BCUT2D eigenvalue weighted by Crippen LogP contribution is -2.45. The van der Waals surface area contributed by atoms with Crippen LogP contribution in [0.4, 0.5) is 4.79 Å². The van der Waals surface area contributed by atoms with Gasteiger partial charge in [-0.1, -0.05) is 39.3 Å². The number of hydrogen-bond donors (Lipinski definition) is 1. The number of rotatable bonds is 4. The van der Waals surface area contributed by atoms with Crippen molar-refractivity contribution in [2.45, 2.75) is 46.6 Å². The number of hydrogen-bond acceptors (Lipinski definition) is 3. The Morgan fingerprint density at radius 2 is 1.95 bits per heavy atom. The van der Waals surface area contributed by atoms with Crippen LogP contribution in [0.15, 0.2) is 10.5 Å². The Morgan fingerprint density at radius 3 is 2.32 bits per heavy atom. The highest BCUT2D eigenvalue weighted by atomic mass is 79.9. The van der Waals surface area contributed by atoms with E-state index >= 15 is 0 Å². The van der Waals surface area contributed by atoms with Crippen molar-refractivity contribution in [2.24, 2.45) is 11.1 Å². The molecule has 2 N–H and O–H groups in total. The minimum absolute atomic E-state index is 0.415. The molecule has 1 unspecified atom stereocenters. The zero-order valence-corrected chi connectivity index (χ0v) is 16.2. The molecule has 1 amide bonds. The standard InChI is InChI=1S/C16H23BrClNO3/c1-7-16(15(3,4)5,22-14(19)20)10-8-11(18)9(2)12(17)13(10)21-6/h8H,7H2,1-6H3,(H2,19,20). The predicted molar refractivity (Wildman–Crippen MR) is 92.5 cm³/mol. The zero-order chi connectivity index (χ0) is 17.3. The summed E-state index contributed by atoms with van der Waals surface area (Å²) >= 11 is 9.86. The van der Waals surface area contributed by atoms with Gasteiger partial charge in [0, 0.05) is 16.0 Å². The number of carbonyl (C=O) groups is 1. The molecule has 22 heavy (non-hydrogen) atoms. The number of amides is 1. The third-order valence-electron chi connectivity index (χ3n) is 4.03. The molecule has 0 heterocycles. The smallest absolute Gasteiger partial charge is 0.405 e. The predicted octanol–water partition coefficient (Wildman–Crippen LogP) is 5.17. The van der Waals surface area contributed by atoms with Crippen LogP contribution in [0.25, 0.3) is 0 Å². The Labute approximate surface area is 145 Å². The normalized spacial score (nSPS) is 14.4. The Morgan fingerprint density at radius 1 is 1.41 bits per heavy atom. The van der Waals surface area contributed by atoms with E-state index in [9.17, 15) is 4.79 Å². The summed E-state index contributed by atoms with van der Waals surface area (Å²) in [4.78, 5) is 11.5. The van der Waals surface area contributed by atoms with E-state index in [0.29, 0.717) is 22.8 Å². The van der Waals surface area contributed by atoms with Crippen molar-refractivity contribution in [3.8, 4) is 5.75 Å². The molecule has 6 heteroatoms. The maximum absolute atomic E-state index is 11.5. The molecule has 0 fully saturated rings. The van der Waals surface area contributed by atoms with Gasteiger partial charge in [-0.15, -0.1) is 0 Å². The monoisotopic (exact) mass is 391 g/mol. The molecule has 1 aromatic rings. The largest absolute Gasteiger partial charge is 0.495 e. The summed E-state index contributed by atoms with van der Waals surface area (Å²) in [6, 6.07) is 1.79. The highest BCUT2D eigenvalue weighted by molar-refractivity contribution is 9.10. The third-order valence-corrected chi connectivity index (χ3v) is 5.37. The topological polar surface area (TPSA) is 61.5 Å². The Hall–Kier alpha value is -0.940. The van der Waals surface area contributed by atoms with Gasteiger partial charge in [-0.05, 0) is 40.9 Å². The van der Waals surface area contributed by atoms with Crippen LogP contribution in [0.2, 0.25) is 5.02 Å². The van der Waals surface area contributed by atoms with E-state index in [-0.39, 0.29) is 0 Å². The van der Waals surface area contributed by atoms with Gasteiger partial charge in [0.1, 0.15) is 11.4 Å². The summed E-state index contributed by atoms with van der Waals surface area (Å²) in [5.41, 5.74) is 5.53. The first-order valence-electron chi connectivity index (χ1n) is 7.03. The minimum Gasteiger partial charge on any atom is -0.495 e. The van der Waals surface area contributed by atoms with E-state index in [4.69, 9.17) is 26.8 Å².